The molecular formula is C5H8N2OS. The Labute approximate surface area is 57.2 Å². The molecule has 1 unspecified atom stereocenters. The van der Waals surface area contributed by atoms with E-state index in [4.69, 9.17) is 10.8 Å². The van der Waals surface area contributed by atoms with Crippen LogP contribution in [0.4, 0.5) is 0 Å². The maximum atomic E-state index is 8.56. The van der Waals surface area contributed by atoms with Crippen LogP contribution in [0.25, 0.3) is 0 Å². The Morgan fingerprint density at radius 2 is 2.67 bits per heavy atom. The highest BCUT2D eigenvalue weighted by Crippen LogP contribution is 2.12. The van der Waals surface area contributed by atoms with Gasteiger partial charge in [-0.15, -0.1) is 11.3 Å². The van der Waals surface area contributed by atoms with Gasteiger partial charge in [0.2, 0.25) is 0 Å². The summed E-state index contributed by atoms with van der Waals surface area (Å²) in [6.07, 6.45) is 1.67. The number of thiazole rings is 1. The van der Waals surface area contributed by atoms with Crippen LogP contribution in [0.15, 0.2) is 11.7 Å². The second kappa shape index (κ2) is 2.91. The molecule has 0 radical (unpaired) electrons. The molecule has 1 aromatic rings. The standard InChI is InChI=1S/C5H8N2OS/c6-4(2-8)5-1-7-3-9-5/h1,3-4,8H,2,6H2. The van der Waals surface area contributed by atoms with Crippen LogP contribution in [0.3, 0.4) is 0 Å². The lowest BCUT2D eigenvalue weighted by Gasteiger charge is -2.00. The van der Waals surface area contributed by atoms with Gasteiger partial charge in [0.15, 0.2) is 0 Å². The molecule has 9 heavy (non-hydrogen) atoms. The fourth-order valence-electron chi connectivity index (χ4n) is 0.499. The number of aromatic nitrogens is 1. The molecule has 0 bridgehead atoms. The number of rotatable bonds is 2. The van der Waals surface area contributed by atoms with Crippen LogP contribution >= 0.6 is 11.3 Å². The van der Waals surface area contributed by atoms with Crippen molar-refractivity contribution in [2.24, 2.45) is 5.73 Å². The monoisotopic (exact) mass is 144 g/mol. The van der Waals surface area contributed by atoms with Gasteiger partial charge in [-0.3, -0.25) is 4.98 Å². The number of hydrogen-bond acceptors (Lipinski definition) is 4. The van der Waals surface area contributed by atoms with Crippen LogP contribution in [0.1, 0.15) is 10.9 Å². The second-order valence-corrected chi connectivity index (χ2v) is 2.61. The fourth-order valence-corrected chi connectivity index (χ4v) is 1.11. The Morgan fingerprint density at radius 1 is 1.89 bits per heavy atom. The summed E-state index contributed by atoms with van der Waals surface area (Å²) in [7, 11) is 0. The quantitative estimate of drug-likeness (QED) is 0.620. The molecule has 1 atom stereocenters. The normalized spacial score (nSPS) is 13.6. The summed E-state index contributed by atoms with van der Waals surface area (Å²) in [5.74, 6) is 0. The van der Waals surface area contributed by atoms with Crippen molar-refractivity contribution < 1.29 is 5.11 Å². The van der Waals surface area contributed by atoms with E-state index in [9.17, 15) is 0 Å². The molecule has 1 heterocycles. The summed E-state index contributed by atoms with van der Waals surface area (Å²) < 4.78 is 0. The maximum absolute atomic E-state index is 8.56. The minimum Gasteiger partial charge on any atom is -0.394 e. The summed E-state index contributed by atoms with van der Waals surface area (Å²) in [5.41, 5.74) is 7.16. The summed E-state index contributed by atoms with van der Waals surface area (Å²) in [6, 6.07) is -0.252. The van der Waals surface area contributed by atoms with Crippen molar-refractivity contribution in [3.05, 3.63) is 16.6 Å². The summed E-state index contributed by atoms with van der Waals surface area (Å²) in [5, 5.41) is 8.56. The van der Waals surface area contributed by atoms with E-state index in [2.05, 4.69) is 4.98 Å². The molecular weight excluding hydrogens is 136 g/mol. The lowest BCUT2D eigenvalue weighted by Crippen LogP contribution is -2.12. The van der Waals surface area contributed by atoms with Gasteiger partial charge in [-0.05, 0) is 0 Å². The first-order valence-electron chi connectivity index (χ1n) is 2.59. The zero-order valence-electron chi connectivity index (χ0n) is 4.82. The third-order valence-corrected chi connectivity index (χ3v) is 1.92. The summed E-state index contributed by atoms with van der Waals surface area (Å²) in [6.45, 7) is -0.0117. The molecule has 0 spiro atoms. The van der Waals surface area contributed by atoms with Crippen LogP contribution in [0.5, 0.6) is 0 Å². The van der Waals surface area contributed by atoms with Crippen LogP contribution in [-0.4, -0.2) is 16.7 Å². The van der Waals surface area contributed by atoms with Crippen LogP contribution in [-0.2, 0) is 0 Å². The lowest BCUT2D eigenvalue weighted by molar-refractivity contribution is 0.269. The molecule has 0 aliphatic carbocycles. The van der Waals surface area contributed by atoms with Gasteiger partial charge in [-0.1, -0.05) is 0 Å². The maximum Gasteiger partial charge on any atom is 0.0794 e. The highest BCUT2D eigenvalue weighted by Gasteiger charge is 2.03. The molecule has 0 saturated carbocycles. The average molecular weight is 144 g/mol. The molecule has 4 heteroatoms. The summed E-state index contributed by atoms with van der Waals surface area (Å²) in [4.78, 5) is 4.75. The molecule has 3 nitrogen and oxygen atoms in total. The topological polar surface area (TPSA) is 59.1 Å². The van der Waals surface area contributed by atoms with Gasteiger partial charge in [-0.25, -0.2) is 0 Å². The minimum absolute atomic E-state index is 0.0117. The Morgan fingerprint density at radius 3 is 3.11 bits per heavy atom. The fraction of sp³-hybridized carbons (Fsp3) is 0.400. The molecule has 1 rings (SSSR count). The third kappa shape index (κ3) is 1.48. The van der Waals surface area contributed by atoms with Crippen molar-refractivity contribution in [3.63, 3.8) is 0 Å². The van der Waals surface area contributed by atoms with Crippen molar-refractivity contribution in [2.45, 2.75) is 6.04 Å². The van der Waals surface area contributed by atoms with E-state index in [0.29, 0.717) is 0 Å². The molecule has 50 valence electrons. The van der Waals surface area contributed by atoms with Gasteiger partial charge in [0.1, 0.15) is 0 Å². The molecule has 1 aromatic heterocycles. The van der Waals surface area contributed by atoms with Crippen LogP contribution < -0.4 is 5.73 Å². The first-order chi connectivity index (χ1) is 4.34. The van der Waals surface area contributed by atoms with E-state index < -0.39 is 0 Å². The zero-order valence-corrected chi connectivity index (χ0v) is 5.64. The smallest absolute Gasteiger partial charge is 0.0794 e. The SMILES string of the molecule is NC(CO)c1cncs1. The van der Waals surface area contributed by atoms with E-state index in [0.717, 1.165) is 4.88 Å². The number of nitrogens with zero attached hydrogens (tertiary/aromatic N) is 1. The Balaban J connectivity index is 2.65. The molecule has 0 saturated heterocycles. The predicted molar refractivity (Wildman–Crippen MR) is 36.1 cm³/mol. The van der Waals surface area contributed by atoms with E-state index in [1.165, 1.54) is 11.3 Å². The molecule has 0 aliphatic rings. The van der Waals surface area contributed by atoms with Gasteiger partial charge in [0, 0.05) is 11.1 Å². The van der Waals surface area contributed by atoms with Crippen LogP contribution in [0.2, 0.25) is 0 Å². The van der Waals surface area contributed by atoms with E-state index in [1.807, 2.05) is 0 Å². The first-order valence-corrected chi connectivity index (χ1v) is 3.47. The van der Waals surface area contributed by atoms with Gasteiger partial charge >= 0.3 is 0 Å². The van der Waals surface area contributed by atoms with Crippen LogP contribution in [0, 0.1) is 0 Å². The zero-order chi connectivity index (χ0) is 6.69. The summed E-state index contributed by atoms with van der Waals surface area (Å²) >= 11 is 1.46. The number of aliphatic hydroxyl groups excluding tert-OH is 1. The van der Waals surface area contributed by atoms with Crippen molar-refractivity contribution in [1.29, 1.82) is 0 Å². The van der Waals surface area contributed by atoms with Crippen molar-refractivity contribution in [2.75, 3.05) is 6.61 Å². The number of aliphatic hydroxyl groups is 1. The molecule has 0 amide bonds. The Kier molecular flexibility index (Phi) is 2.16. The predicted octanol–water partition coefficient (Wildman–Crippen LogP) is 0.135. The number of nitrogens with two attached hydrogens (primary N) is 1. The number of hydrogen-bond donors (Lipinski definition) is 2. The average Bonchev–Trinajstić information content (AvgIpc) is 2.37. The lowest BCUT2D eigenvalue weighted by atomic mass is 10.3. The highest BCUT2D eigenvalue weighted by atomic mass is 32.1. The molecule has 0 fully saturated rings. The Hall–Kier alpha value is -0.450. The van der Waals surface area contributed by atoms with Gasteiger partial charge in [0.25, 0.3) is 0 Å². The van der Waals surface area contributed by atoms with E-state index in [-0.39, 0.29) is 12.6 Å². The van der Waals surface area contributed by atoms with E-state index >= 15 is 0 Å². The van der Waals surface area contributed by atoms with Gasteiger partial charge < -0.3 is 10.8 Å². The second-order valence-electron chi connectivity index (χ2n) is 1.69. The first kappa shape index (κ1) is 6.67. The highest BCUT2D eigenvalue weighted by molar-refractivity contribution is 7.09. The van der Waals surface area contributed by atoms with Crippen molar-refractivity contribution >= 4 is 11.3 Å². The van der Waals surface area contributed by atoms with Crippen molar-refractivity contribution in [3.8, 4) is 0 Å². The third-order valence-electron chi connectivity index (χ3n) is 1.01. The van der Waals surface area contributed by atoms with E-state index in [1.54, 1.807) is 11.7 Å². The molecule has 0 aromatic carbocycles. The molecule has 3 N–H and O–H groups in total. The van der Waals surface area contributed by atoms with Gasteiger partial charge in [0.05, 0.1) is 18.2 Å². The van der Waals surface area contributed by atoms with Crippen molar-refractivity contribution in [1.82, 2.24) is 4.98 Å². The minimum atomic E-state index is -0.252. The Bertz CT molecular complexity index is 163. The largest absolute Gasteiger partial charge is 0.394 e. The van der Waals surface area contributed by atoms with Gasteiger partial charge in [-0.2, -0.15) is 0 Å². The molecule has 0 aliphatic heterocycles.